The molecule has 0 aliphatic heterocycles. The van der Waals surface area contributed by atoms with Gasteiger partial charge in [-0.3, -0.25) is 0 Å². The Morgan fingerprint density at radius 2 is 1.50 bits per heavy atom. The number of carbonyl (C=O) groups excluding carboxylic acids is 2. The Kier molecular flexibility index (Phi) is 27.5. The van der Waals surface area contributed by atoms with Gasteiger partial charge in [-0.1, -0.05) is 0 Å². The number of hydrogen-bond donors (Lipinski definition) is 0. The molecule has 0 aliphatic carbocycles. The van der Waals surface area contributed by atoms with Gasteiger partial charge in [-0.15, -0.1) is 0 Å². The molecule has 2 nitrogen and oxygen atoms in total. The van der Waals surface area contributed by atoms with Crippen LogP contribution in [0.3, 0.4) is 0 Å². The molecule has 0 rings (SSSR count). The standard InChI is InChI=1S/CO2.Li.H/c2-1-3;;/q;+1;-1. The zero-order valence-corrected chi connectivity index (χ0v) is 2.32. The van der Waals surface area contributed by atoms with Crippen LogP contribution in [0, 0.1) is 0 Å². The molecule has 0 N–H and O–H groups in total. The number of rotatable bonds is 0. The Balaban J connectivity index is -0.0000000200. The van der Waals surface area contributed by atoms with Gasteiger partial charge >= 0.3 is 25.0 Å². The molecular weight excluding hydrogens is 51.0 g/mol. The fraction of sp³-hybridized carbons (Fsp3) is 0. The van der Waals surface area contributed by atoms with E-state index in [9.17, 15) is 0 Å². The minimum atomic E-state index is 0. The van der Waals surface area contributed by atoms with E-state index in [-0.39, 0.29) is 26.4 Å². The maximum atomic E-state index is 8.12. The average molecular weight is 52.0 g/mol. The van der Waals surface area contributed by atoms with Gasteiger partial charge < -0.3 is 1.43 Å². The zero-order chi connectivity index (χ0) is 2.71. The second kappa shape index (κ2) is 12.2. The van der Waals surface area contributed by atoms with Crippen molar-refractivity contribution in [1.82, 2.24) is 0 Å². The van der Waals surface area contributed by atoms with Gasteiger partial charge in [0.1, 0.15) is 0 Å². The molecule has 18 valence electrons. The van der Waals surface area contributed by atoms with Crippen LogP contribution in [-0.2, 0) is 9.59 Å². The van der Waals surface area contributed by atoms with Gasteiger partial charge in [-0.2, -0.15) is 9.59 Å². The van der Waals surface area contributed by atoms with E-state index in [4.69, 9.17) is 9.59 Å². The molecule has 0 amide bonds. The molecule has 0 spiro atoms. The van der Waals surface area contributed by atoms with Crippen LogP contribution in [0.15, 0.2) is 0 Å². The summed E-state index contributed by atoms with van der Waals surface area (Å²) in [6, 6.07) is 0. The molecule has 0 aliphatic rings. The van der Waals surface area contributed by atoms with Crippen LogP contribution in [0.2, 0.25) is 0 Å². The van der Waals surface area contributed by atoms with E-state index in [1.54, 1.807) is 0 Å². The summed E-state index contributed by atoms with van der Waals surface area (Å²) in [5, 5.41) is 0. The van der Waals surface area contributed by atoms with Crippen LogP contribution in [0.4, 0.5) is 0 Å². The van der Waals surface area contributed by atoms with Crippen LogP contribution in [-0.4, -0.2) is 6.15 Å². The van der Waals surface area contributed by atoms with Crippen molar-refractivity contribution in [2.75, 3.05) is 0 Å². The van der Waals surface area contributed by atoms with Crippen LogP contribution in [0.5, 0.6) is 0 Å². The monoisotopic (exact) mass is 52.0 g/mol. The molecule has 0 heterocycles. The maximum Gasteiger partial charge on any atom is 1.00 e. The molecule has 3 heteroatoms. The third-order valence-electron chi connectivity index (χ3n) is 0. The average Bonchev–Trinajstić information content (AvgIpc) is 0.918. The summed E-state index contributed by atoms with van der Waals surface area (Å²) in [7, 11) is 0. The van der Waals surface area contributed by atoms with Crippen LogP contribution in [0.25, 0.3) is 0 Å². The van der Waals surface area contributed by atoms with Crippen LogP contribution >= 0.6 is 0 Å². The summed E-state index contributed by atoms with van der Waals surface area (Å²) < 4.78 is 0. The van der Waals surface area contributed by atoms with Gasteiger partial charge in [0.25, 0.3) is 0 Å². The van der Waals surface area contributed by atoms with E-state index < -0.39 is 0 Å². The molecule has 0 aromatic heterocycles. The molecule has 0 bridgehead atoms. The van der Waals surface area contributed by atoms with Gasteiger partial charge in [-0.05, 0) is 0 Å². The first kappa shape index (κ1) is 9.02. The van der Waals surface area contributed by atoms with E-state index in [1.165, 1.54) is 0 Å². The van der Waals surface area contributed by atoms with E-state index in [0.717, 1.165) is 0 Å². The first-order chi connectivity index (χ1) is 1.41. The van der Waals surface area contributed by atoms with E-state index in [1.807, 2.05) is 0 Å². The Labute approximate surface area is 36.8 Å². The van der Waals surface area contributed by atoms with Crippen molar-refractivity contribution < 1.29 is 29.9 Å². The fourth-order valence-electron chi connectivity index (χ4n) is 0. The fourth-order valence-corrected chi connectivity index (χ4v) is 0. The van der Waals surface area contributed by atoms with Gasteiger partial charge in [0.15, 0.2) is 0 Å². The molecule has 0 radical (unpaired) electrons. The third-order valence-corrected chi connectivity index (χ3v) is 0. The predicted molar refractivity (Wildman–Crippen MR) is 6.12 cm³/mol. The molecule has 0 saturated carbocycles. The smallest absolute Gasteiger partial charge is 1.00 e. The minimum absolute atomic E-state index is 0. The van der Waals surface area contributed by atoms with Gasteiger partial charge in [0.05, 0.1) is 0 Å². The van der Waals surface area contributed by atoms with Gasteiger partial charge in [0.2, 0.25) is 0 Å². The van der Waals surface area contributed by atoms with Crippen molar-refractivity contribution >= 4 is 6.15 Å². The first-order valence-electron chi connectivity index (χ1n) is 0.408. The van der Waals surface area contributed by atoms with Crippen LogP contribution in [0.1, 0.15) is 1.43 Å². The van der Waals surface area contributed by atoms with Crippen molar-refractivity contribution in [3.63, 3.8) is 0 Å². The summed E-state index contributed by atoms with van der Waals surface area (Å²) in [5.41, 5.74) is 0. The SMILES string of the molecule is O=C=O.[H-].[Li+]. The summed E-state index contributed by atoms with van der Waals surface area (Å²) in [5.74, 6) is 0. The predicted octanol–water partition coefficient (Wildman–Crippen LogP) is -3.47. The maximum absolute atomic E-state index is 8.12. The molecule has 0 unspecified atom stereocenters. The largest absolute Gasteiger partial charge is 1.00 e. The van der Waals surface area contributed by atoms with Crippen molar-refractivity contribution in [2.24, 2.45) is 0 Å². The summed E-state index contributed by atoms with van der Waals surface area (Å²) >= 11 is 0. The third kappa shape index (κ3) is 3700. The second-order valence-electron chi connectivity index (χ2n) is 0.0833. The quantitative estimate of drug-likeness (QED) is 0.268. The summed E-state index contributed by atoms with van der Waals surface area (Å²) in [6.07, 6.45) is 0.250. The van der Waals surface area contributed by atoms with E-state index in [0.29, 0.717) is 0 Å². The molecule has 0 saturated heterocycles. The summed E-state index contributed by atoms with van der Waals surface area (Å²) in [4.78, 5) is 16.2. The van der Waals surface area contributed by atoms with E-state index >= 15 is 0 Å². The molecule has 0 aromatic rings. The molecule has 0 fully saturated rings. The van der Waals surface area contributed by atoms with Gasteiger partial charge in [0, 0.05) is 0 Å². The number of hydrogen-bond acceptors (Lipinski definition) is 2. The summed E-state index contributed by atoms with van der Waals surface area (Å²) in [6.45, 7) is 0. The Morgan fingerprint density at radius 1 is 1.50 bits per heavy atom. The van der Waals surface area contributed by atoms with Gasteiger partial charge in [-0.25, -0.2) is 0 Å². The van der Waals surface area contributed by atoms with Crippen LogP contribution < -0.4 is 18.9 Å². The molecular formula is CHLiO2. The molecule has 0 atom stereocenters. The topological polar surface area (TPSA) is 34.1 Å². The Morgan fingerprint density at radius 3 is 1.50 bits per heavy atom. The molecule has 4 heavy (non-hydrogen) atoms. The van der Waals surface area contributed by atoms with E-state index in [2.05, 4.69) is 0 Å². The van der Waals surface area contributed by atoms with Crippen molar-refractivity contribution in [3.8, 4) is 0 Å². The Bertz CT molecular complexity index is 30.6. The first-order valence-corrected chi connectivity index (χ1v) is 0.408. The minimum Gasteiger partial charge on any atom is -1.00 e. The van der Waals surface area contributed by atoms with Crippen molar-refractivity contribution in [1.29, 1.82) is 0 Å². The second-order valence-corrected chi connectivity index (χ2v) is 0.0833. The normalized spacial score (nSPS) is 2.00. The Hall–Kier alpha value is -0.0226. The van der Waals surface area contributed by atoms with Crippen molar-refractivity contribution in [2.45, 2.75) is 0 Å². The van der Waals surface area contributed by atoms with Crippen molar-refractivity contribution in [3.05, 3.63) is 0 Å². The molecule has 0 aromatic carbocycles. The zero-order valence-electron chi connectivity index (χ0n) is 3.32.